The number of hydrogen-bond donors (Lipinski definition) is 2. The van der Waals surface area contributed by atoms with Gasteiger partial charge in [-0.2, -0.15) is 0 Å². The van der Waals surface area contributed by atoms with Gasteiger partial charge in [-0.05, 0) is 31.5 Å². The van der Waals surface area contributed by atoms with Crippen molar-refractivity contribution in [1.82, 2.24) is 0 Å². The van der Waals surface area contributed by atoms with Crippen molar-refractivity contribution in [2.75, 3.05) is 0 Å². The lowest BCUT2D eigenvalue weighted by atomic mass is 10.1. The van der Waals surface area contributed by atoms with Crippen LogP contribution in [0.4, 0.5) is 4.39 Å². The molecule has 0 saturated carbocycles. The van der Waals surface area contributed by atoms with E-state index in [0.717, 1.165) is 0 Å². The zero-order valence-corrected chi connectivity index (χ0v) is 9.11. The van der Waals surface area contributed by atoms with Crippen LogP contribution >= 0.6 is 0 Å². The minimum Gasteiger partial charge on any atom is -0.479 e. The first kappa shape index (κ1) is 12.4. The monoisotopic (exact) mass is 227 g/mol. The molecule has 0 bridgehead atoms. The van der Waals surface area contributed by atoms with Crippen LogP contribution in [-0.4, -0.2) is 17.2 Å². The molecule has 0 aliphatic heterocycles. The van der Waals surface area contributed by atoms with E-state index < -0.39 is 17.9 Å². The summed E-state index contributed by atoms with van der Waals surface area (Å²) >= 11 is 0. The van der Waals surface area contributed by atoms with Crippen LogP contribution in [0.5, 0.6) is 5.75 Å². The highest BCUT2D eigenvalue weighted by molar-refractivity contribution is 5.72. The number of benzene rings is 1. The van der Waals surface area contributed by atoms with Crippen LogP contribution < -0.4 is 10.5 Å². The molecule has 3 N–H and O–H groups in total. The average Bonchev–Trinajstić information content (AvgIpc) is 2.20. The van der Waals surface area contributed by atoms with E-state index in [1.54, 1.807) is 13.0 Å². The molecule has 2 atom stereocenters. The molecule has 88 valence electrons. The maximum absolute atomic E-state index is 13.5. The maximum atomic E-state index is 13.5. The Morgan fingerprint density at radius 2 is 2.12 bits per heavy atom. The van der Waals surface area contributed by atoms with E-state index in [9.17, 15) is 9.18 Å². The molecule has 5 heteroatoms. The van der Waals surface area contributed by atoms with E-state index in [1.807, 2.05) is 0 Å². The van der Waals surface area contributed by atoms with Crippen LogP contribution in [0.15, 0.2) is 18.2 Å². The van der Waals surface area contributed by atoms with Gasteiger partial charge in [0.25, 0.3) is 0 Å². The van der Waals surface area contributed by atoms with Crippen molar-refractivity contribution < 1.29 is 19.0 Å². The summed E-state index contributed by atoms with van der Waals surface area (Å²) in [6.07, 6.45) is -1.09. The van der Waals surface area contributed by atoms with Gasteiger partial charge in [0, 0.05) is 6.04 Å². The number of aliphatic carboxylic acids is 1. The Kier molecular flexibility index (Phi) is 3.84. The molecule has 16 heavy (non-hydrogen) atoms. The number of halogens is 1. The zero-order valence-electron chi connectivity index (χ0n) is 9.11. The Labute approximate surface area is 92.8 Å². The number of carboxylic acid groups (broad SMARTS) is 1. The minimum atomic E-state index is -1.14. The van der Waals surface area contributed by atoms with Crippen molar-refractivity contribution in [3.05, 3.63) is 29.6 Å². The fourth-order valence-electron chi connectivity index (χ4n) is 1.14. The molecule has 0 aliphatic carbocycles. The normalized spacial score (nSPS) is 14.2. The SMILES string of the molecule is CC(Oc1ccc([C@@H](C)N)cc1F)C(=O)O. The Morgan fingerprint density at radius 3 is 2.56 bits per heavy atom. The highest BCUT2D eigenvalue weighted by Gasteiger charge is 2.15. The third kappa shape index (κ3) is 2.93. The van der Waals surface area contributed by atoms with Crippen molar-refractivity contribution in [3.8, 4) is 5.75 Å². The molecule has 0 heterocycles. The molecule has 0 fully saturated rings. The number of ether oxygens (including phenoxy) is 1. The molecule has 1 unspecified atom stereocenters. The van der Waals surface area contributed by atoms with E-state index in [0.29, 0.717) is 5.56 Å². The molecule has 0 aromatic heterocycles. The van der Waals surface area contributed by atoms with Gasteiger partial charge in [0.1, 0.15) is 0 Å². The summed E-state index contributed by atoms with van der Waals surface area (Å²) in [6, 6.07) is 3.96. The van der Waals surface area contributed by atoms with Gasteiger partial charge in [-0.25, -0.2) is 9.18 Å². The van der Waals surface area contributed by atoms with Crippen LogP contribution in [0.2, 0.25) is 0 Å². The smallest absolute Gasteiger partial charge is 0.344 e. The lowest BCUT2D eigenvalue weighted by Crippen LogP contribution is -2.23. The van der Waals surface area contributed by atoms with E-state index in [-0.39, 0.29) is 11.8 Å². The molecule has 0 radical (unpaired) electrons. The molecule has 0 aliphatic rings. The number of carboxylic acids is 1. The summed E-state index contributed by atoms with van der Waals surface area (Å²) in [6.45, 7) is 3.07. The average molecular weight is 227 g/mol. The van der Waals surface area contributed by atoms with Crippen LogP contribution in [0.25, 0.3) is 0 Å². The molecule has 1 rings (SSSR count). The van der Waals surface area contributed by atoms with Gasteiger partial charge in [0.15, 0.2) is 17.7 Å². The van der Waals surface area contributed by atoms with E-state index in [1.165, 1.54) is 19.1 Å². The van der Waals surface area contributed by atoms with Gasteiger partial charge in [-0.3, -0.25) is 0 Å². The predicted octanol–water partition coefficient (Wildman–Crippen LogP) is 1.70. The Hall–Kier alpha value is -1.62. The molecule has 1 aromatic carbocycles. The standard InChI is InChI=1S/C11H14FNO3/c1-6(13)8-3-4-10(9(12)5-8)16-7(2)11(14)15/h3-7H,13H2,1-2H3,(H,14,15)/t6-,7?/m1/s1. The van der Waals surface area contributed by atoms with Crippen molar-refractivity contribution in [2.24, 2.45) is 5.73 Å². The zero-order chi connectivity index (χ0) is 12.3. The Bertz CT molecular complexity index is 393. The van der Waals surface area contributed by atoms with Crippen molar-refractivity contribution in [3.63, 3.8) is 0 Å². The van der Waals surface area contributed by atoms with E-state index in [4.69, 9.17) is 15.6 Å². The highest BCUT2D eigenvalue weighted by Crippen LogP contribution is 2.22. The fourth-order valence-corrected chi connectivity index (χ4v) is 1.14. The summed E-state index contributed by atoms with van der Waals surface area (Å²) in [5.41, 5.74) is 6.21. The van der Waals surface area contributed by atoms with E-state index >= 15 is 0 Å². The van der Waals surface area contributed by atoms with Gasteiger partial charge in [0.05, 0.1) is 0 Å². The summed E-state index contributed by atoms with van der Waals surface area (Å²) in [7, 11) is 0. The molecule has 0 spiro atoms. The van der Waals surface area contributed by atoms with Crippen molar-refractivity contribution in [2.45, 2.75) is 26.0 Å². The van der Waals surface area contributed by atoms with Gasteiger partial charge >= 0.3 is 5.97 Å². The quantitative estimate of drug-likeness (QED) is 0.821. The third-order valence-corrected chi connectivity index (χ3v) is 2.13. The second-order valence-electron chi connectivity index (χ2n) is 3.58. The summed E-state index contributed by atoms with van der Waals surface area (Å²) < 4.78 is 18.4. The first-order chi connectivity index (χ1) is 7.41. The summed E-state index contributed by atoms with van der Waals surface area (Å²) in [4.78, 5) is 10.5. The number of rotatable bonds is 4. The first-order valence-electron chi connectivity index (χ1n) is 4.86. The largest absolute Gasteiger partial charge is 0.479 e. The summed E-state index contributed by atoms with van der Waals surface area (Å²) in [5, 5.41) is 8.61. The molecule has 4 nitrogen and oxygen atoms in total. The maximum Gasteiger partial charge on any atom is 0.344 e. The van der Waals surface area contributed by atoms with Gasteiger partial charge in [-0.15, -0.1) is 0 Å². The molecular formula is C11H14FNO3. The second-order valence-corrected chi connectivity index (χ2v) is 3.58. The molecule has 0 amide bonds. The highest BCUT2D eigenvalue weighted by atomic mass is 19.1. The number of hydrogen-bond acceptors (Lipinski definition) is 3. The predicted molar refractivity (Wildman–Crippen MR) is 56.7 cm³/mol. The molecule has 0 saturated heterocycles. The van der Waals surface area contributed by atoms with E-state index in [2.05, 4.69) is 0 Å². The minimum absolute atomic E-state index is 0.0840. The number of carbonyl (C=O) groups is 1. The lowest BCUT2D eigenvalue weighted by Gasteiger charge is -2.12. The fraction of sp³-hybridized carbons (Fsp3) is 0.364. The third-order valence-electron chi connectivity index (χ3n) is 2.13. The van der Waals surface area contributed by atoms with Gasteiger partial charge in [0.2, 0.25) is 0 Å². The van der Waals surface area contributed by atoms with Gasteiger partial charge < -0.3 is 15.6 Å². The first-order valence-corrected chi connectivity index (χ1v) is 4.86. The Balaban J connectivity index is 2.87. The molecule has 1 aromatic rings. The van der Waals surface area contributed by atoms with Crippen LogP contribution in [-0.2, 0) is 4.79 Å². The topological polar surface area (TPSA) is 72.5 Å². The number of nitrogens with two attached hydrogens (primary N) is 1. The van der Waals surface area contributed by atoms with Crippen LogP contribution in [0.1, 0.15) is 25.5 Å². The van der Waals surface area contributed by atoms with Gasteiger partial charge in [-0.1, -0.05) is 6.07 Å². The molecular weight excluding hydrogens is 213 g/mol. The van der Waals surface area contributed by atoms with Crippen molar-refractivity contribution >= 4 is 5.97 Å². The Morgan fingerprint density at radius 1 is 1.50 bits per heavy atom. The lowest BCUT2D eigenvalue weighted by molar-refractivity contribution is -0.144. The second kappa shape index (κ2) is 4.94. The van der Waals surface area contributed by atoms with Crippen LogP contribution in [0, 0.1) is 5.82 Å². The van der Waals surface area contributed by atoms with Crippen LogP contribution in [0.3, 0.4) is 0 Å². The summed E-state index contributed by atoms with van der Waals surface area (Å²) in [5.74, 6) is -1.84. The van der Waals surface area contributed by atoms with Crippen molar-refractivity contribution in [1.29, 1.82) is 0 Å².